The Morgan fingerprint density at radius 3 is 2.81 bits per heavy atom. The topological polar surface area (TPSA) is 20.2 Å². The van der Waals surface area contributed by atoms with Crippen molar-refractivity contribution in [1.82, 2.24) is 0 Å². The molecule has 0 spiro atoms. The van der Waals surface area contributed by atoms with Gasteiger partial charge in [0.2, 0.25) is 0 Å². The van der Waals surface area contributed by atoms with Gasteiger partial charge in [-0.15, -0.1) is 0 Å². The molecule has 0 aliphatic rings. The summed E-state index contributed by atoms with van der Waals surface area (Å²) < 4.78 is 13.5. The molecular weight excluding hydrogens is 227 g/mol. The molecule has 0 radical (unpaired) electrons. The summed E-state index contributed by atoms with van der Waals surface area (Å²) in [5.41, 5.74) is 0.497. The Bertz CT molecular complexity index is 328. The van der Waals surface area contributed by atoms with Crippen LogP contribution in [0.15, 0.2) is 18.2 Å². The van der Waals surface area contributed by atoms with E-state index < -0.39 is 11.9 Å². The molecule has 16 heavy (non-hydrogen) atoms. The first-order valence-electron chi connectivity index (χ1n) is 5.76. The molecular formula is C13H18ClFO. The number of halogens is 2. The highest BCUT2D eigenvalue weighted by Gasteiger charge is 2.11. The number of aliphatic hydroxyl groups is 1. The van der Waals surface area contributed by atoms with Crippen molar-refractivity contribution in [3.05, 3.63) is 34.6 Å². The predicted molar refractivity (Wildman–Crippen MR) is 65.3 cm³/mol. The van der Waals surface area contributed by atoms with Gasteiger partial charge in [-0.3, -0.25) is 0 Å². The molecule has 0 aliphatic heterocycles. The lowest BCUT2D eigenvalue weighted by molar-refractivity contribution is 0.160. The number of unbranched alkanes of at least 4 members (excludes halogenated alkanes) is 2. The maximum Gasteiger partial charge on any atom is 0.145 e. The summed E-state index contributed by atoms with van der Waals surface area (Å²) in [6.07, 6.45) is 3.81. The monoisotopic (exact) mass is 244 g/mol. The maximum absolute atomic E-state index is 13.5. The van der Waals surface area contributed by atoms with Gasteiger partial charge < -0.3 is 5.11 Å². The summed E-state index contributed by atoms with van der Waals surface area (Å²) in [5.74, 6) is -0.404. The molecule has 0 heterocycles. The third kappa shape index (κ3) is 4.11. The molecule has 1 aromatic rings. The lowest BCUT2D eigenvalue weighted by Gasteiger charge is -2.11. The first-order valence-corrected chi connectivity index (χ1v) is 6.14. The third-order valence-corrected chi connectivity index (χ3v) is 2.92. The highest BCUT2D eigenvalue weighted by atomic mass is 35.5. The van der Waals surface area contributed by atoms with E-state index >= 15 is 0 Å². The van der Waals surface area contributed by atoms with E-state index in [9.17, 15) is 9.50 Å². The fraction of sp³-hybridized carbons (Fsp3) is 0.538. The van der Waals surface area contributed by atoms with E-state index in [1.165, 1.54) is 6.07 Å². The van der Waals surface area contributed by atoms with Crippen LogP contribution >= 0.6 is 11.6 Å². The molecule has 0 saturated carbocycles. The minimum atomic E-state index is -0.473. The number of benzene rings is 1. The van der Waals surface area contributed by atoms with Gasteiger partial charge in [-0.25, -0.2) is 4.39 Å². The number of aliphatic hydroxyl groups excluding tert-OH is 1. The van der Waals surface area contributed by atoms with Gasteiger partial charge in [0.25, 0.3) is 0 Å². The van der Waals surface area contributed by atoms with Gasteiger partial charge in [-0.2, -0.15) is 0 Å². The van der Waals surface area contributed by atoms with Crippen molar-refractivity contribution in [2.45, 2.75) is 45.1 Å². The maximum atomic E-state index is 13.5. The number of rotatable bonds is 6. The second-order valence-electron chi connectivity index (χ2n) is 4.07. The van der Waals surface area contributed by atoms with E-state index in [1.807, 2.05) is 0 Å². The van der Waals surface area contributed by atoms with Gasteiger partial charge in [-0.05, 0) is 18.1 Å². The molecule has 0 aromatic heterocycles. The summed E-state index contributed by atoms with van der Waals surface area (Å²) in [5, 5.41) is 9.86. The molecule has 0 aliphatic carbocycles. The van der Waals surface area contributed by atoms with Gasteiger partial charge in [0.05, 0.1) is 11.1 Å². The zero-order chi connectivity index (χ0) is 12.0. The van der Waals surface area contributed by atoms with E-state index in [0.717, 1.165) is 25.7 Å². The quantitative estimate of drug-likeness (QED) is 0.751. The standard InChI is InChI=1S/C13H18ClFO/c1-2-3-4-7-11(16)9-10-6-5-8-12(14)13(10)15/h5-6,8,11,16H,2-4,7,9H2,1H3. The molecule has 1 atom stereocenters. The molecule has 0 fully saturated rings. The second-order valence-corrected chi connectivity index (χ2v) is 4.47. The van der Waals surface area contributed by atoms with Crippen LogP contribution in [0.2, 0.25) is 5.02 Å². The van der Waals surface area contributed by atoms with Crippen LogP contribution in [-0.4, -0.2) is 11.2 Å². The Labute approximate surface area is 101 Å². The number of hydrogen-bond donors (Lipinski definition) is 1. The Kier molecular flexibility index (Phi) is 5.78. The molecule has 1 rings (SSSR count). The van der Waals surface area contributed by atoms with Crippen LogP contribution in [0.5, 0.6) is 0 Å². The molecule has 1 unspecified atom stereocenters. The molecule has 1 aromatic carbocycles. The second kappa shape index (κ2) is 6.87. The Hall–Kier alpha value is -0.600. The van der Waals surface area contributed by atoms with Crippen LogP contribution in [-0.2, 0) is 6.42 Å². The van der Waals surface area contributed by atoms with Gasteiger partial charge >= 0.3 is 0 Å². The zero-order valence-electron chi connectivity index (χ0n) is 9.55. The lowest BCUT2D eigenvalue weighted by Crippen LogP contribution is -2.11. The fourth-order valence-corrected chi connectivity index (χ4v) is 1.89. The van der Waals surface area contributed by atoms with E-state index in [-0.39, 0.29) is 5.02 Å². The molecule has 90 valence electrons. The summed E-state index contributed by atoms with van der Waals surface area (Å²) in [6, 6.07) is 4.90. The predicted octanol–water partition coefficient (Wildman–Crippen LogP) is 3.96. The molecule has 0 amide bonds. The van der Waals surface area contributed by atoms with E-state index in [2.05, 4.69) is 6.92 Å². The van der Waals surface area contributed by atoms with Crippen LogP contribution in [0, 0.1) is 5.82 Å². The van der Waals surface area contributed by atoms with E-state index in [1.54, 1.807) is 12.1 Å². The van der Waals surface area contributed by atoms with Crippen LogP contribution in [0.25, 0.3) is 0 Å². The van der Waals surface area contributed by atoms with Crippen LogP contribution in [0.4, 0.5) is 4.39 Å². The lowest BCUT2D eigenvalue weighted by atomic mass is 10.0. The fourth-order valence-electron chi connectivity index (χ4n) is 1.69. The van der Waals surface area contributed by atoms with Crippen molar-refractivity contribution < 1.29 is 9.50 Å². The molecule has 0 bridgehead atoms. The van der Waals surface area contributed by atoms with Crippen LogP contribution in [0.1, 0.15) is 38.2 Å². The van der Waals surface area contributed by atoms with Crippen molar-refractivity contribution in [3.8, 4) is 0 Å². The molecule has 1 N–H and O–H groups in total. The average molecular weight is 245 g/mol. The molecule has 3 heteroatoms. The zero-order valence-corrected chi connectivity index (χ0v) is 10.3. The van der Waals surface area contributed by atoms with Crippen LogP contribution < -0.4 is 0 Å². The third-order valence-electron chi connectivity index (χ3n) is 2.63. The molecule has 0 saturated heterocycles. The first-order chi connectivity index (χ1) is 7.65. The summed E-state index contributed by atoms with van der Waals surface area (Å²) in [4.78, 5) is 0. The van der Waals surface area contributed by atoms with Crippen molar-refractivity contribution in [2.24, 2.45) is 0 Å². The molecule has 1 nitrogen and oxygen atoms in total. The normalized spacial score (nSPS) is 12.8. The van der Waals surface area contributed by atoms with Gasteiger partial charge in [-0.1, -0.05) is 49.9 Å². The average Bonchev–Trinajstić information content (AvgIpc) is 2.25. The summed E-state index contributed by atoms with van der Waals surface area (Å²) >= 11 is 5.67. The Morgan fingerprint density at radius 2 is 2.12 bits per heavy atom. The summed E-state index contributed by atoms with van der Waals surface area (Å²) in [7, 11) is 0. The van der Waals surface area contributed by atoms with Crippen molar-refractivity contribution in [2.75, 3.05) is 0 Å². The van der Waals surface area contributed by atoms with Gasteiger partial charge in [0.1, 0.15) is 5.82 Å². The Morgan fingerprint density at radius 1 is 1.38 bits per heavy atom. The van der Waals surface area contributed by atoms with Crippen molar-refractivity contribution >= 4 is 11.6 Å². The smallest absolute Gasteiger partial charge is 0.145 e. The minimum Gasteiger partial charge on any atom is -0.393 e. The minimum absolute atomic E-state index is 0.123. The highest BCUT2D eigenvalue weighted by Crippen LogP contribution is 2.20. The largest absolute Gasteiger partial charge is 0.393 e. The van der Waals surface area contributed by atoms with Gasteiger partial charge in [0.15, 0.2) is 0 Å². The van der Waals surface area contributed by atoms with E-state index in [0.29, 0.717) is 12.0 Å². The van der Waals surface area contributed by atoms with E-state index in [4.69, 9.17) is 11.6 Å². The highest BCUT2D eigenvalue weighted by molar-refractivity contribution is 6.30. The van der Waals surface area contributed by atoms with Crippen LogP contribution in [0.3, 0.4) is 0 Å². The first kappa shape index (κ1) is 13.5. The Balaban J connectivity index is 2.49. The summed E-state index contributed by atoms with van der Waals surface area (Å²) in [6.45, 7) is 2.11. The van der Waals surface area contributed by atoms with Gasteiger partial charge in [0, 0.05) is 6.42 Å². The SMILES string of the molecule is CCCCCC(O)Cc1cccc(Cl)c1F. The van der Waals surface area contributed by atoms with Crippen molar-refractivity contribution in [1.29, 1.82) is 0 Å². The number of hydrogen-bond acceptors (Lipinski definition) is 1. The van der Waals surface area contributed by atoms with Crippen molar-refractivity contribution in [3.63, 3.8) is 0 Å².